The smallest absolute Gasteiger partial charge is 0.389 e. The van der Waals surface area contributed by atoms with Crippen molar-refractivity contribution in [3.05, 3.63) is 12.0 Å². The number of imide groups is 1. The number of amidine groups is 1. The van der Waals surface area contributed by atoms with Crippen molar-refractivity contribution in [1.82, 2.24) is 9.80 Å². The molecule has 1 unspecified atom stereocenters. The number of hydrogen-bond donors (Lipinski definition) is 0. The quantitative estimate of drug-likeness (QED) is 0.607. The van der Waals surface area contributed by atoms with Crippen LogP contribution in [0.1, 0.15) is 65.2 Å². The number of aliphatic imine (C=N–C) groups is 1. The third-order valence-corrected chi connectivity index (χ3v) is 4.75. The van der Waals surface area contributed by atoms with Crippen LogP contribution in [0.5, 0.6) is 0 Å². The number of aromatic nitrogens is 1. The molecule has 2 aliphatic rings. The number of nitrogens with zero attached hydrogens (tertiary/aromatic N) is 4. The number of urea groups is 1. The van der Waals surface area contributed by atoms with Crippen molar-refractivity contribution in [2.75, 3.05) is 13.6 Å². The Hall–Kier alpha value is -2.18. The zero-order valence-electron chi connectivity index (χ0n) is 15.7. The zero-order valence-corrected chi connectivity index (χ0v) is 15.7. The predicted molar refractivity (Wildman–Crippen MR) is 92.7 cm³/mol. The van der Waals surface area contributed by atoms with E-state index in [4.69, 9.17) is 4.42 Å². The highest BCUT2D eigenvalue weighted by Crippen LogP contribution is 2.32. The molecule has 7 nitrogen and oxygen atoms in total. The number of oxazole rings is 1. The van der Waals surface area contributed by atoms with Crippen LogP contribution in [0.15, 0.2) is 15.6 Å². The van der Waals surface area contributed by atoms with E-state index < -0.39 is 6.04 Å². The number of carbonyl (C=O) groups excluding carboxylic acids is 2. The molecule has 1 aromatic heterocycles. The monoisotopic (exact) mass is 347 g/mol. The molecule has 1 fully saturated rings. The predicted octanol–water partition coefficient (Wildman–Crippen LogP) is 2.92. The Bertz CT molecular complexity index is 729. The van der Waals surface area contributed by atoms with Crippen LogP contribution in [0, 0.1) is 0 Å². The number of fused-ring (bicyclic) bond motifs is 3. The molecule has 1 saturated heterocycles. The van der Waals surface area contributed by atoms with Crippen LogP contribution in [0.25, 0.3) is 0 Å². The van der Waals surface area contributed by atoms with E-state index in [9.17, 15) is 9.59 Å². The molecular weight excluding hydrogens is 320 g/mol. The van der Waals surface area contributed by atoms with E-state index in [1.54, 1.807) is 11.6 Å². The van der Waals surface area contributed by atoms with Crippen LogP contribution in [0.2, 0.25) is 0 Å². The third-order valence-electron chi connectivity index (χ3n) is 4.75. The van der Waals surface area contributed by atoms with Crippen molar-refractivity contribution in [2.24, 2.45) is 4.99 Å². The van der Waals surface area contributed by atoms with Crippen molar-refractivity contribution < 1.29 is 18.6 Å². The van der Waals surface area contributed by atoms with Crippen LogP contribution in [0.4, 0.5) is 10.8 Å². The molecule has 0 bridgehead atoms. The summed E-state index contributed by atoms with van der Waals surface area (Å²) < 4.78 is 7.58. The highest BCUT2D eigenvalue weighted by molar-refractivity contribution is 6.18. The molecule has 3 heterocycles. The summed E-state index contributed by atoms with van der Waals surface area (Å²) in [6.07, 6.45) is 5.91. The average molecular weight is 347 g/mol. The van der Waals surface area contributed by atoms with E-state index in [1.165, 1.54) is 9.80 Å². The topological polar surface area (TPSA) is 70.0 Å². The van der Waals surface area contributed by atoms with Gasteiger partial charge in [-0.2, -0.15) is 4.57 Å². The number of likely N-dealkylation sites (N-methyl/N-ethyl adjacent to an activating group) is 1. The fraction of sp³-hybridized carbons (Fsp3) is 0.667. The second-order valence-corrected chi connectivity index (χ2v) is 7.80. The maximum absolute atomic E-state index is 13.0. The minimum absolute atomic E-state index is 0.174. The zero-order chi connectivity index (χ0) is 18.4. The van der Waals surface area contributed by atoms with Crippen LogP contribution in [-0.2, 0) is 10.2 Å². The minimum Gasteiger partial charge on any atom is -0.389 e. The van der Waals surface area contributed by atoms with Gasteiger partial charge in [-0.05, 0) is 6.42 Å². The van der Waals surface area contributed by atoms with E-state index in [-0.39, 0.29) is 17.4 Å². The van der Waals surface area contributed by atoms with Crippen molar-refractivity contribution in [3.63, 3.8) is 0 Å². The summed E-state index contributed by atoms with van der Waals surface area (Å²) >= 11 is 0. The summed E-state index contributed by atoms with van der Waals surface area (Å²) in [5, 5.41) is 0. The summed E-state index contributed by atoms with van der Waals surface area (Å²) in [4.78, 5) is 32.8. The molecule has 3 rings (SSSR count). The highest BCUT2D eigenvalue weighted by atomic mass is 16.4. The number of carbonyl (C=O) groups is 2. The molecule has 1 aromatic rings. The third kappa shape index (κ3) is 2.96. The van der Waals surface area contributed by atoms with E-state index >= 15 is 0 Å². The van der Waals surface area contributed by atoms with Gasteiger partial charge in [0.2, 0.25) is 0 Å². The number of rotatable bonds is 5. The Kier molecular flexibility index (Phi) is 4.43. The summed E-state index contributed by atoms with van der Waals surface area (Å²) in [5.41, 5.74) is -0.174. The fourth-order valence-corrected chi connectivity index (χ4v) is 3.17. The lowest BCUT2D eigenvalue weighted by Crippen LogP contribution is -2.62. The molecule has 0 saturated carbocycles. The highest BCUT2D eigenvalue weighted by Gasteiger charge is 2.55. The maximum atomic E-state index is 13.0. The second-order valence-electron chi connectivity index (χ2n) is 7.80. The summed E-state index contributed by atoms with van der Waals surface area (Å²) in [5.74, 6) is 0.995. The molecule has 0 aromatic carbocycles. The standard InChI is InChI=1S/C18H27N4O3/c1-6-7-8-9-10-21-15(23)13-14(20(5)17(21)24)19-16-22(13)11-12(25-16)18(2,3)4/h11,13H,6-10H2,1-5H3/q+1. The number of hydrogen-bond acceptors (Lipinski definition) is 4. The van der Waals surface area contributed by atoms with Crippen molar-refractivity contribution in [3.8, 4) is 0 Å². The first-order valence-corrected chi connectivity index (χ1v) is 8.98. The van der Waals surface area contributed by atoms with E-state index in [0.717, 1.165) is 31.4 Å². The number of unbranched alkanes of at least 4 members (excludes halogenated alkanes) is 3. The van der Waals surface area contributed by atoms with E-state index in [0.29, 0.717) is 18.4 Å². The molecular formula is C18H27N4O3+. The van der Waals surface area contributed by atoms with Crippen molar-refractivity contribution in [2.45, 2.75) is 64.8 Å². The SMILES string of the molecule is CCCCCCN1C(=O)C2C(=Nc3oc(C(C)(C)C)c[n+]32)N(C)C1=O. The Morgan fingerprint density at radius 1 is 1.24 bits per heavy atom. The van der Waals surface area contributed by atoms with Crippen molar-refractivity contribution in [1.29, 1.82) is 0 Å². The van der Waals surface area contributed by atoms with Gasteiger partial charge in [-0.15, -0.1) is 0 Å². The van der Waals surface area contributed by atoms with Gasteiger partial charge in [0.25, 0.3) is 17.8 Å². The molecule has 0 radical (unpaired) electrons. The van der Waals surface area contributed by atoms with E-state index in [1.807, 2.05) is 27.0 Å². The average Bonchev–Trinajstić information content (AvgIpc) is 3.09. The Balaban J connectivity index is 1.87. The summed E-state index contributed by atoms with van der Waals surface area (Å²) in [6, 6.07) is -0.534. The largest absolute Gasteiger partial charge is 0.506 e. The van der Waals surface area contributed by atoms with Gasteiger partial charge in [0.05, 0.1) is 0 Å². The van der Waals surface area contributed by atoms with E-state index in [2.05, 4.69) is 11.9 Å². The summed E-state index contributed by atoms with van der Waals surface area (Å²) in [6.45, 7) is 8.72. The molecule has 0 aliphatic carbocycles. The molecule has 2 aliphatic heterocycles. The van der Waals surface area contributed by atoms with Gasteiger partial charge in [-0.3, -0.25) is 14.6 Å². The lowest BCUT2D eigenvalue weighted by atomic mass is 9.94. The molecule has 0 spiro atoms. The van der Waals surface area contributed by atoms with Gasteiger partial charge in [-0.1, -0.05) is 47.0 Å². The molecule has 7 heteroatoms. The lowest BCUT2D eigenvalue weighted by molar-refractivity contribution is -0.679. The van der Waals surface area contributed by atoms with Gasteiger partial charge in [0.15, 0.2) is 5.76 Å². The Morgan fingerprint density at radius 2 is 1.96 bits per heavy atom. The number of amides is 3. The maximum Gasteiger partial charge on any atom is 0.506 e. The first kappa shape index (κ1) is 17.6. The Labute approximate surface area is 148 Å². The van der Waals surface area contributed by atoms with Gasteiger partial charge < -0.3 is 4.42 Å². The second kappa shape index (κ2) is 6.28. The van der Waals surface area contributed by atoms with Gasteiger partial charge >= 0.3 is 12.0 Å². The Morgan fingerprint density at radius 3 is 2.60 bits per heavy atom. The van der Waals surface area contributed by atoms with Crippen molar-refractivity contribution >= 4 is 23.8 Å². The van der Waals surface area contributed by atoms with Crippen LogP contribution in [0.3, 0.4) is 0 Å². The summed E-state index contributed by atoms with van der Waals surface area (Å²) in [7, 11) is 1.66. The molecule has 1 atom stereocenters. The van der Waals surface area contributed by atoms with Crippen LogP contribution in [-0.4, -0.2) is 41.2 Å². The molecule has 3 amide bonds. The minimum atomic E-state index is -0.608. The molecule has 25 heavy (non-hydrogen) atoms. The van der Waals surface area contributed by atoms with Gasteiger partial charge in [-0.25, -0.2) is 4.79 Å². The first-order valence-electron chi connectivity index (χ1n) is 8.98. The van der Waals surface area contributed by atoms with Gasteiger partial charge in [0.1, 0.15) is 6.20 Å². The normalized spacial score (nSPS) is 20.0. The molecule has 136 valence electrons. The van der Waals surface area contributed by atoms with Gasteiger partial charge in [0, 0.05) is 24.0 Å². The molecule has 0 N–H and O–H groups in total. The fourth-order valence-electron chi connectivity index (χ4n) is 3.17. The first-order chi connectivity index (χ1) is 11.8. The lowest BCUT2D eigenvalue weighted by Gasteiger charge is -2.32. The van der Waals surface area contributed by atoms with Crippen LogP contribution < -0.4 is 4.57 Å². The van der Waals surface area contributed by atoms with Crippen LogP contribution >= 0.6 is 0 Å².